The summed E-state index contributed by atoms with van der Waals surface area (Å²) >= 11 is 0. The first kappa shape index (κ1) is 72.5. The van der Waals surface area contributed by atoms with Crippen molar-refractivity contribution in [2.75, 3.05) is 13.2 Å². The quantitative estimate of drug-likeness (QED) is 0.0261. The summed E-state index contributed by atoms with van der Waals surface area (Å²) in [7, 11) is 0. The van der Waals surface area contributed by atoms with Crippen molar-refractivity contribution in [2.45, 2.75) is 284 Å². The Morgan fingerprint density at radius 3 is 0.857 bits per heavy atom. The van der Waals surface area contributed by atoms with E-state index in [-0.39, 0.29) is 31.1 Å². The van der Waals surface area contributed by atoms with Gasteiger partial charge in [0.2, 0.25) is 0 Å². The van der Waals surface area contributed by atoms with Crippen molar-refractivity contribution in [3.05, 3.63) is 134 Å². The molecule has 0 bridgehead atoms. The second-order valence-electron chi connectivity index (χ2n) is 20.6. The topological polar surface area (TPSA) is 78.9 Å². The van der Waals surface area contributed by atoms with Crippen LogP contribution in [0.3, 0.4) is 0 Å². The zero-order chi connectivity index (χ0) is 55.7. The van der Waals surface area contributed by atoms with Crippen LogP contribution in [-0.4, -0.2) is 37.2 Å². The summed E-state index contributed by atoms with van der Waals surface area (Å²) in [6, 6.07) is 0. The fourth-order valence-electron chi connectivity index (χ4n) is 8.37. The van der Waals surface area contributed by atoms with E-state index in [9.17, 15) is 14.4 Å². The van der Waals surface area contributed by atoms with Crippen molar-refractivity contribution >= 4 is 17.9 Å². The first-order valence-corrected chi connectivity index (χ1v) is 31.7. The van der Waals surface area contributed by atoms with Crippen molar-refractivity contribution in [1.29, 1.82) is 0 Å². The van der Waals surface area contributed by atoms with Gasteiger partial charge < -0.3 is 14.2 Å². The van der Waals surface area contributed by atoms with Crippen LogP contribution < -0.4 is 0 Å². The van der Waals surface area contributed by atoms with Crippen molar-refractivity contribution in [3.8, 4) is 0 Å². The van der Waals surface area contributed by atoms with Gasteiger partial charge in [0.15, 0.2) is 6.10 Å². The Morgan fingerprint density at radius 2 is 0.532 bits per heavy atom. The molecule has 0 aromatic heterocycles. The fourth-order valence-corrected chi connectivity index (χ4v) is 8.37. The van der Waals surface area contributed by atoms with Gasteiger partial charge in [-0.05, 0) is 135 Å². The molecule has 0 aromatic rings. The highest BCUT2D eigenvalue weighted by molar-refractivity contribution is 5.71. The molecule has 0 aliphatic carbocycles. The molecule has 6 heteroatoms. The molecule has 1 unspecified atom stereocenters. The number of esters is 3. The van der Waals surface area contributed by atoms with Crippen molar-refractivity contribution in [3.63, 3.8) is 0 Å². The van der Waals surface area contributed by atoms with Crippen LogP contribution in [-0.2, 0) is 28.6 Å². The van der Waals surface area contributed by atoms with Crippen LogP contribution in [0, 0.1) is 0 Å². The maximum atomic E-state index is 12.9. The summed E-state index contributed by atoms with van der Waals surface area (Å²) < 4.78 is 16.9. The molecule has 0 aromatic carbocycles. The number of rotatable bonds is 56. The van der Waals surface area contributed by atoms with E-state index in [0.717, 1.165) is 154 Å². The SMILES string of the molecule is CC/C=C\C/C=C\C/C=C\C/C=C\C/C=C\C/C=C\C/C=C\C/C=C\CCCCCCCCC(=O)OCC(COC(=O)CCCCCCC/C=C\CCC)OC(=O)CCCCCCCCC/C=C\C/C=C\CCCCCC. The van der Waals surface area contributed by atoms with Crippen LogP contribution in [0.5, 0.6) is 0 Å². The molecule has 0 spiro atoms. The van der Waals surface area contributed by atoms with Gasteiger partial charge >= 0.3 is 17.9 Å². The zero-order valence-electron chi connectivity index (χ0n) is 49.9. The molecule has 0 N–H and O–H groups in total. The zero-order valence-corrected chi connectivity index (χ0v) is 49.9. The molecule has 0 aliphatic heterocycles. The average Bonchev–Trinajstić information content (AvgIpc) is 3.43. The average molecular weight is 1070 g/mol. The van der Waals surface area contributed by atoms with Crippen LogP contribution in [0.25, 0.3) is 0 Å². The van der Waals surface area contributed by atoms with E-state index in [1.54, 1.807) is 0 Å². The largest absolute Gasteiger partial charge is 0.462 e. The summed E-state index contributed by atoms with van der Waals surface area (Å²) in [4.78, 5) is 38.2. The van der Waals surface area contributed by atoms with Gasteiger partial charge in [0.05, 0.1) is 0 Å². The summed E-state index contributed by atoms with van der Waals surface area (Å²) in [6.07, 6.45) is 90.3. The molecule has 0 fully saturated rings. The van der Waals surface area contributed by atoms with Gasteiger partial charge in [-0.15, -0.1) is 0 Å². The summed E-state index contributed by atoms with van der Waals surface area (Å²) in [5, 5.41) is 0. The smallest absolute Gasteiger partial charge is 0.306 e. The molecule has 77 heavy (non-hydrogen) atoms. The van der Waals surface area contributed by atoms with Crippen LogP contribution >= 0.6 is 0 Å². The Morgan fingerprint density at radius 1 is 0.273 bits per heavy atom. The molecule has 6 nitrogen and oxygen atoms in total. The molecule has 0 rings (SSSR count). The lowest BCUT2D eigenvalue weighted by Crippen LogP contribution is -2.30. The minimum atomic E-state index is -0.796. The standard InChI is InChI=1S/C71H116O6/c1-4-7-10-13-16-19-22-24-26-28-30-31-32-33-34-35-36-37-38-39-40-41-42-44-45-47-49-52-55-58-61-64-70(73)76-67-68(66-75-69(72)63-60-57-54-51-21-18-15-12-9-6-3)77-71(74)65-62-59-56-53-50-48-46-43-29-27-25-23-20-17-14-11-8-5-2/h7,10,12,15-16,19-20,23-24,26-27,29-31,33-34,36-37,39-40,42,44,68H,4-6,8-9,11,13-14,17-18,21-22,25,28,32,35,38,41,43,45-67H2,1-3H3/b10-7-,15-12-,19-16-,23-20-,26-24-,29-27-,31-30-,34-33-,37-36-,40-39-,44-42-. The second-order valence-corrected chi connectivity index (χ2v) is 20.6. The Hall–Kier alpha value is -4.45. The number of carbonyl (C=O) groups excluding carboxylic acids is 3. The van der Waals surface area contributed by atoms with E-state index in [2.05, 4.69) is 154 Å². The van der Waals surface area contributed by atoms with Crippen molar-refractivity contribution in [1.82, 2.24) is 0 Å². The molecule has 0 aliphatic rings. The summed E-state index contributed by atoms with van der Waals surface area (Å²) in [5.41, 5.74) is 0. The Kier molecular flexibility index (Phi) is 60.4. The number of allylic oxidation sites excluding steroid dienone is 22. The first-order chi connectivity index (χ1) is 38.0. The summed E-state index contributed by atoms with van der Waals surface area (Å²) in [5.74, 6) is -0.927. The minimum absolute atomic E-state index is 0.0933. The third-order valence-corrected chi connectivity index (χ3v) is 13.1. The number of carbonyl (C=O) groups is 3. The normalized spacial score (nSPS) is 13.0. The molecule has 436 valence electrons. The monoisotopic (exact) mass is 1060 g/mol. The molecular formula is C71H116O6. The predicted octanol–water partition coefficient (Wildman–Crippen LogP) is 21.8. The van der Waals surface area contributed by atoms with Crippen molar-refractivity contribution in [2.24, 2.45) is 0 Å². The minimum Gasteiger partial charge on any atom is -0.462 e. The molecule has 0 amide bonds. The van der Waals surface area contributed by atoms with Gasteiger partial charge in [-0.2, -0.15) is 0 Å². The molecule has 0 saturated carbocycles. The van der Waals surface area contributed by atoms with Gasteiger partial charge in [0.25, 0.3) is 0 Å². The molecule has 1 atom stereocenters. The molecule has 0 saturated heterocycles. The number of unbranched alkanes of at least 4 members (excludes halogenated alkanes) is 23. The molecule has 0 radical (unpaired) electrons. The van der Waals surface area contributed by atoms with Crippen LogP contribution in [0.4, 0.5) is 0 Å². The van der Waals surface area contributed by atoms with Gasteiger partial charge in [-0.3, -0.25) is 14.4 Å². The molecular weight excluding hydrogens is 949 g/mol. The van der Waals surface area contributed by atoms with E-state index in [1.807, 2.05) is 0 Å². The van der Waals surface area contributed by atoms with Gasteiger partial charge in [-0.25, -0.2) is 0 Å². The maximum absolute atomic E-state index is 12.9. The van der Waals surface area contributed by atoms with Crippen LogP contribution in [0.15, 0.2) is 134 Å². The van der Waals surface area contributed by atoms with Crippen molar-refractivity contribution < 1.29 is 28.6 Å². The fraction of sp³-hybridized carbons (Fsp3) is 0.648. The summed E-state index contributed by atoms with van der Waals surface area (Å²) in [6.45, 7) is 6.42. The Bertz CT molecular complexity index is 1650. The number of hydrogen-bond acceptors (Lipinski definition) is 6. The first-order valence-electron chi connectivity index (χ1n) is 31.7. The second kappa shape index (κ2) is 64.1. The highest BCUT2D eigenvalue weighted by Gasteiger charge is 2.19. The number of hydrogen-bond donors (Lipinski definition) is 0. The third-order valence-electron chi connectivity index (χ3n) is 13.1. The highest BCUT2D eigenvalue weighted by Crippen LogP contribution is 2.14. The Labute approximate surface area is 475 Å². The molecule has 0 heterocycles. The van der Waals surface area contributed by atoms with Crippen LogP contribution in [0.2, 0.25) is 0 Å². The van der Waals surface area contributed by atoms with E-state index in [1.165, 1.54) is 83.5 Å². The van der Waals surface area contributed by atoms with E-state index < -0.39 is 6.10 Å². The predicted molar refractivity (Wildman–Crippen MR) is 334 cm³/mol. The lowest BCUT2D eigenvalue weighted by atomic mass is 10.1. The number of ether oxygens (including phenoxy) is 3. The maximum Gasteiger partial charge on any atom is 0.306 e. The van der Waals surface area contributed by atoms with E-state index in [0.29, 0.717) is 19.3 Å². The highest BCUT2D eigenvalue weighted by atomic mass is 16.6. The van der Waals surface area contributed by atoms with Gasteiger partial charge in [0, 0.05) is 19.3 Å². The lowest BCUT2D eigenvalue weighted by Gasteiger charge is -2.18. The Balaban J connectivity index is 4.30. The third kappa shape index (κ3) is 62.3. The van der Waals surface area contributed by atoms with Gasteiger partial charge in [0.1, 0.15) is 13.2 Å². The van der Waals surface area contributed by atoms with Crippen LogP contribution in [0.1, 0.15) is 278 Å². The lowest BCUT2D eigenvalue weighted by molar-refractivity contribution is -0.167. The van der Waals surface area contributed by atoms with E-state index in [4.69, 9.17) is 14.2 Å². The van der Waals surface area contributed by atoms with Gasteiger partial charge in [-0.1, -0.05) is 257 Å². The van der Waals surface area contributed by atoms with E-state index >= 15 is 0 Å².